The molecule has 0 saturated carbocycles. The third kappa shape index (κ3) is 1.63. The number of carboxylic acids is 1. The Morgan fingerprint density at radius 2 is 2.07 bits per heavy atom. The van der Waals surface area contributed by atoms with E-state index in [1.54, 1.807) is 18.2 Å². The first-order chi connectivity index (χ1) is 7.09. The van der Waals surface area contributed by atoms with E-state index in [1.165, 1.54) is 0 Å². The van der Waals surface area contributed by atoms with Gasteiger partial charge in [0.25, 0.3) is 0 Å². The van der Waals surface area contributed by atoms with Crippen LogP contribution in [0.5, 0.6) is 5.75 Å². The first-order valence-corrected chi connectivity index (χ1v) is 4.77. The van der Waals surface area contributed by atoms with Gasteiger partial charge in [0.2, 0.25) is 5.69 Å². The summed E-state index contributed by atoms with van der Waals surface area (Å²) in [6.45, 7) is 0. The molecule has 0 aliphatic carbocycles. The number of aromatic nitrogens is 2. The summed E-state index contributed by atoms with van der Waals surface area (Å²) < 4.78 is 0.784. The Hall–Kier alpha value is -1.69. The number of benzene rings is 1. The molecule has 5 nitrogen and oxygen atoms in total. The van der Waals surface area contributed by atoms with E-state index in [2.05, 4.69) is 26.1 Å². The highest BCUT2D eigenvalue weighted by atomic mass is 79.9. The maximum atomic E-state index is 10.7. The van der Waals surface area contributed by atoms with Gasteiger partial charge in [-0.2, -0.15) is 0 Å². The number of halogens is 1. The molecular weight excluding hydrogens is 264 g/mol. The molecule has 0 bridgehead atoms. The lowest BCUT2D eigenvalue weighted by molar-refractivity contribution is 0.0686. The van der Waals surface area contributed by atoms with Gasteiger partial charge in [0.1, 0.15) is 0 Å². The van der Waals surface area contributed by atoms with Gasteiger partial charge in [-0.05, 0) is 18.2 Å². The smallest absolute Gasteiger partial charge is 0.360 e. The minimum Gasteiger partial charge on any atom is -0.505 e. The van der Waals surface area contributed by atoms with Crippen LogP contribution in [0.15, 0.2) is 22.7 Å². The van der Waals surface area contributed by atoms with Crippen LogP contribution in [0.25, 0.3) is 10.9 Å². The first-order valence-electron chi connectivity index (χ1n) is 3.98. The van der Waals surface area contributed by atoms with Gasteiger partial charge in [-0.3, -0.25) is 0 Å². The molecule has 0 spiro atoms. The molecule has 0 aliphatic rings. The number of nitrogens with zero attached hydrogens (tertiary/aromatic N) is 2. The van der Waals surface area contributed by atoms with E-state index in [4.69, 9.17) is 5.11 Å². The Morgan fingerprint density at radius 3 is 2.73 bits per heavy atom. The van der Waals surface area contributed by atoms with E-state index in [0.29, 0.717) is 10.9 Å². The highest BCUT2D eigenvalue weighted by molar-refractivity contribution is 9.10. The lowest BCUT2D eigenvalue weighted by atomic mass is 10.2. The summed E-state index contributed by atoms with van der Waals surface area (Å²) in [5.74, 6) is -1.66. The van der Waals surface area contributed by atoms with E-state index in [9.17, 15) is 9.90 Å². The van der Waals surface area contributed by atoms with Crippen LogP contribution in [-0.2, 0) is 0 Å². The van der Waals surface area contributed by atoms with Crippen LogP contribution < -0.4 is 0 Å². The summed E-state index contributed by atoms with van der Waals surface area (Å²) in [7, 11) is 0. The van der Waals surface area contributed by atoms with Gasteiger partial charge in [-0.1, -0.05) is 15.9 Å². The second-order valence-electron chi connectivity index (χ2n) is 2.86. The van der Waals surface area contributed by atoms with E-state index in [1.807, 2.05) is 0 Å². The Balaban J connectivity index is 2.80. The zero-order valence-electron chi connectivity index (χ0n) is 7.31. The molecule has 76 valence electrons. The molecule has 0 saturated heterocycles. The Morgan fingerprint density at radius 1 is 1.33 bits per heavy atom. The summed E-state index contributed by atoms with van der Waals surface area (Å²) in [5, 5.41) is 25.8. The normalized spacial score (nSPS) is 10.5. The third-order valence-electron chi connectivity index (χ3n) is 1.90. The van der Waals surface area contributed by atoms with Crippen LogP contribution in [0.1, 0.15) is 10.5 Å². The van der Waals surface area contributed by atoms with Crippen LogP contribution in [0.3, 0.4) is 0 Å². The lowest BCUT2D eigenvalue weighted by Gasteiger charge is -2.02. The summed E-state index contributed by atoms with van der Waals surface area (Å²) >= 11 is 3.24. The van der Waals surface area contributed by atoms with Crippen molar-refractivity contribution in [2.24, 2.45) is 0 Å². The summed E-state index contributed by atoms with van der Waals surface area (Å²) in [6, 6.07) is 4.92. The van der Waals surface area contributed by atoms with Gasteiger partial charge in [-0.25, -0.2) is 4.79 Å². The molecule has 0 unspecified atom stereocenters. The van der Waals surface area contributed by atoms with Crippen molar-refractivity contribution in [2.45, 2.75) is 0 Å². The minimum absolute atomic E-state index is 0.361. The lowest BCUT2D eigenvalue weighted by Crippen LogP contribution is -2.02. The average Bonchev–Trinajstić information content (AvgIpc) is 2.17. The van der Waals surface area contributed by atoms with Gasteiger partial charge in [0.15, 0.2) is 5.75 Å². The minimum atomic E-state index is -1.30. The standard InChI is InChI=1S/C9H5BrN2O3/c10-4-1-2-5-6(3-4)11-12-7(8(5)13)9(14)15/h1-3H,(H,11,13)(H,14,15). The molecule has 2 N–H and O–H groups in total. The molecule has 2 rings (SSSR count). The Bertz CT molecular complexity index is 556. The van der Waals surface area contributed by atoms with Crippen LogP contribution in [0, 0.1) is 0 Å². The third-order valence-corrected chi connectivity index (χ3v) is 2.39. The first kappa shape index (κ1) is 9.85. The average molecular weight is 269 g/mol. The van der Waals surface area contributed by atoms with Crippen molar-refractivity contribution in [1.82, 2.24) is 10.2 Å². The topological polar surface area (TPSA) is 83.3 Å². The second-order valence-corrected chi connectivity index (χ2v) is 3.78. The number of carbonyl (C=O) groups is 1. The van der Waals surface area contributed by atoms with Crippen molar-refractivity contribution in [3.8, 4) is 5.75 Å². The number of hydrogen-bond acceptors (Lipinski definition) is 4. The fourth-order valence-electron chi connectivity index (χ4n) is 1.21. The van der Waals surface area contributed by atoms with Crippen LogP contribution >= 0.6 is 15.9 Å². The Kier molecular flexibility index (Phi) is 2.28. The van der Waals surface area contributed by atoms with Gasteiger partial charge >= 0.3 is 5.97 Å². The SMILES string of the molecule is O=C(O)c1nnc2cc(Br)ccc2c1O. The molecule has 2 aromatic rings. The van der Waals surface area contributed by atoms with Crippen LogP contribution in [0.2, 0.25) is 0 Å². The summed E-state index contributed by atoms with van der Waals surface area (Å²) in [5.41, 5.74) is -0.00306. The molecule has 6 heteroatoms. The predicted molar refractivity (Wildman–Crippen MR) is 55.9 cm³/mol. The monoisotopic (exact) mass is 268 g/mol. The van der Waals surface area contributed by atoms with Crippen molar-refractivity contribution in [3.63, 3.8) is 0 Å². The van der Waals surface area contributed by atoms with Gasteiger partial charge in [-0.15, -0.1) is 10.2 Å². The van der Waals surface area contributed by atoms with E-state index < -0.39 is 11.7 Å². The maximum absolute atomic E-state index is 10.7. The molecule has 0 radical (unpaired) electrons. The molecule has 0 fully saturated rings. The van der Waals surface area contributed by atoms with E-state index >= 15 is 0 Å². The molecule has 15 heavy (non-hydrogen) atoms. The number of aromatic hydroxyl groups is 1. The largest absolute Gasteiger partial charge is 0.505 e. The van der Waals surface area contributed by atoms with E-state index in [0.717, 1.165) is 4.47 Å². The second kappa shape index (κ2) is 3.47. The number of hydrogen-bond donors (Lipinski definition) is 2. The zero-order chi connectivity index (χ0) is 11.0. The maximum Gasteiger partial charge on any atom is 0.360 e. The summed E-state index contributed by atoms with van der Waals surface area (Å²) in [4.78, 5) is 10.7. The predicted octanol–water partition coefficient (Wildman–Crippen LogP) is 1.80. The van der Waals surface area contributed by atoms with Crippen molar-refractivity contribution >= 4 is 32.8 Å². The van der Waals surface area contributed by atoms with Gasteiger partial charge < -0.3 is 10.2 Å². The van der Waals surface area contributed by atoms with Crippen molar-refractivity contribution < 1.29 is 15.0 Å². The molecule has 1 heterocycles. The highest BCUT2D eigenvalue weighted by Crippen LogP contribution is 2.27. The quantitative estimate of drug-likeness (QED) is 0.824. The van der Waals surface area contributed by atoms with Crippen molar-refractivity contribution in [2.75, 3.05) is 0 Å². The van der Waals surface area contributed by atoms with E-state index in [-0.39, 0.29) is 5.75 Å². The van der Waals surface area contributed by atoms with Crippen molar-refractivity contribution in [1.29, 1.82) is 0 Å². The Labute approximate surface area is 92.5 Å². The molecule has 0 atom stereocenters. The number of aromatic carboxylic acids is 1. The highest BCUT2D eigenvalue weighted by Gasteiger charge is 2.15. The van der Waals surface area contributed by atoms with Crippen LogP contribution in [-0.4, -0.2) is 26.4 Å². The molecule has 1 aromatic heterocycles. The zero-order valence-corrected chi connectivity index (χ0v) is 8.89. The fourth-order valence-corrected chi connectivity index (χ4v) is 1.56. The van der Waals surface area contributed by atoms with Gasteiger partial charge in [0.05, 0.1) is 5.52 Å². The number of carboxylic acid groups (broad SMARTS) is 1. The molecule has 0 aliphatic heterocycles. The fraction of sp³-hybridized carbons (Fsp3) is 0. The number of fused-ring (bicyclic) bond motifs is 1. The molecular formula is C9H5BrN2O3. The molecule has 1 aromatic carbocycles. The summed E-state index contributed by atoms with van der Waals surface area (Å²) in [6.07, 6.45) is 0. The van der Waals surface area contributed by atoms with Crippen LogP contribution in [0.4, 0.5) is 0 Å². The number of rotatable bonds is 1. The molecule has 0 amide bonds. The van der Waals surface area contributed by atoms with Gasteiger partial charge in [0, 0.05) is 9.86 Å². The van der Waals surface area contributed by atoms with Crippen molar-refractivity contribution in [3.05, 3.63) is 28.4 Å².